The van der Waals surface area contributed by atoms with Gasteiger partial charge in [0.1, 0.15) is 33.6 Å². The molecule has 2 atom stereocenters. The van der Waals surface area contributed by atoms with Crippen molar-refractivity contribution < 1.29 is 28.7 Å². The highest BCUT2D eigenvalue weighted by Gasteiger charge is 2.30. The fourth-order valence-corrected chi connectivity index (χ4v) is 5.88. The van der Waals surface area contributed by atoms with Crippen LogP contribution in [0.1, 0.15) is 47.1 Å². The number of halogens is 2. The van der Waals surface area contributed by atoms with Crippen molar-refractivity contribution in [1.82, 2.24) is 25.8 Å². The minimum atomic E-state index is -0.630. The Morgan fingerprint density at radius 3 is 2.02 bits per heavy atom. The maximum atomic E-state index is 12.8. The zero-order valence-corrected chi connectivity index (χ0v) is 27.3. The fraction of sp³-hybridized carbons (Fsp3) is 0.654. The van der Waals surface area contributed by atoms with Crippen molar-refractivity contribution in [2.24, 2.45) is 0 Å². The van der Waals surface area contributed by atoms with Crippen LogP contribution in [0.15, 0.2) is 12.1 Å². The van der Waals surface area contributed by atoms with E-state index in [4.69, 9.17) is 32.7 Å². The van der Waals surface area contributed by atoms with E-state index in [0.29, 0.717) is 31.1 Å². The summed E-state index contributed by atoms with van der Waals surface area (Å²) in [4.78, 5) is 53.3. The molecule has 0 aromatic carbocycles. The lowest BCUT2D eigenvalue weighted by Gasteiger charge is -2.26. The average Bonchev–Trinajstić information content (AvgIpc) is 3.10. The van der Waals surface area contributed by atoms with Crippen molar-refractivity contribution in [3.05, 3.63) is 28.0 Å². The van der Waals surface area contributed by atoms with Crippen LogP contribution in [-0.4, -0.2) is 93.3 Å². The van der Waals surface area contributed by atoms with Gasteiger partial charge in [0.15, 0.2) is 0 Å². The first-order valence-corrected chi connectivity index (χ1v) is 16.1. The maximum Gasteiger partial charge on any atom is 0.408 e. The van der Waals surface area contributed by atoms with Crippen molar-refractivity contribution in [3.63, 3.8) is 0 Å². The molecule has 0 aliphatic carbocycles. The number of carbonyl (C=O) groups is 4. The number of amides is 4. The first kappa shape index (κ1) is 35.1. The van der Waals surface area contributed by atoms with Crippen LogP contribution in [0, 0.1) is 0 Å². The number of nitrogens with zero attached hydrogens (tertiary/aromatic N) is 2. The van der Waals surface area contributed by atoms with E-state index in [2.05, 4.69) is 20.9 Å². The SMILES string of the molecule is CC(C)(C)OC(=O)NC1CSCCN(Cc2cc(Cl)nc(Cl)c2)C1=O.CC(C)(C)OC(=O)NC1CSCCNC1=O. The molecule has 0 radical (unpaired) electrons. The van der Waals surface area contributed by atoms with Gasteiger partial charge in [-0.1, -0.05) is 23.2 Å². The molecule has 11 nitrogen and oxygen atoms in total. The highest BCUT2D eigenvalue weighted by molar-refractivity contribution is 7.99. The predicted molar refractivity (Wildman–Crippen MR) is 164 cm³/mol. The molecular formula is C26H39Cl2N5O6S2. The molecule has 2 fully saturated rings. The minimum absolute atomic E-state index is 0.143. The first-order chi connectivity index (χ1) is 19.0. The maximum absolute atomic E-state index is 12.8. The molecule has 4 amide bonds. The number of thioether (sulfide) groups is 2. The molecule has 0 spiro atoms. The van der Waals surface area contributed by atoms with Gasteiger partial charge in [-0.25, -0.2) is 14.6 Å². The standard InChI is InChI=1S/C16H21Cl2N3O3S.C10H18N2O3S/c1-16(2,3)24-15(23)19-11-9-25-5-4-21(14(11)22)8-10-6-12(17)20-13(18)7-10;1-10(2,3)15-9(14)12-7-6-16-5-4-11-8(7)13/h6-7,11H,4-5,8-9H2,1-3H3,(H,19,23);7H,4-6H2,1-3H3,(H,11,13)(H,12,14). The van der Waals surface area contributed by atoms with Crippen LogP contribution in [0.3, 0.4) is 0 Å². The third-order valence-corrected chi connectivity index (χ3v) is 7.61. The Hall–Kier alpha value is -2.09. The molecule has 1 aromatic rings. The summed E-state index contributed by atoms with van der Waals surface area (Å²) in [7, 11) is 0. The second kappa shape index (κ2) is 15.9. The van der Waals surface area contributed by atoms with E-state index in [1.165, 1.54) is 0 Å². The summed E-state index contributed by atoms with van der Waals surface area (Å²) < 4.78 is 10.3. The lowest BCUT2D eigenvalue weighted by atomic mass is 10.2. The summed E-state index contributed by atoms with van der Waals surface area (Å²) in [6, 6.07) is 2.22. The summed E-state index contributed by atoms with van der Waals surface area (Å²) >= 11 is 15.1. The van der Waals surface area contributed by atoms with Crippen LogP contribution in [-0.2, 0) is 25.6 Å². The third kappa shape index (κ3) is 14.1. The molecule has 230 valence electrons. The van der Waals surface area contributed by atoms with Crippen molar-refractivity contribution in [1.29, 1.82) is 0 Å². The monoisotopic (exact) mass is 651 g/mol. The van der Waals surface area contributed by atoms with Gasteiger partial charge in [-0.15, -0.1) is 0 Å². The van der Waals surface area contributed by atoms with E-state index in [1.54, 1.807) is 82.1 Å². The highest BCUT2D eigenvalue weighted by atomic mass is 35.5. The number of aromatic nitrogens is 1. The normalized spacial score (nSPS) is 20.0. The minimum Gasteiger partial charge on any atom is -0.444 e. The second-order valence-corrected chi connectivity index (χ2v) is 14.3. The highest BCUT2D eigenvalue weighted by Crippen LogP contribution is 2.20. The summed E-state index contributed by atoms with van der Waals surface area (Å²) in [6.07, 6.45) is -1.14. The molecule has 3 rings (SSSR count). The van der Waals surface area contributed by atoms with Crippen LogP contribution >= 0.6 is 46.7 Å². The van der Waals surface area contributed by atoms with Crippen molar-refractivity contribution in [3.8, 4) is 0 Å². The summed E-state index contributed by atoms with van der Waals surface area (Å²) in [5.74, 6) is 2.45. The van der Waals surface area contributed by atoms with Gasteiger partial charge in [-0.05, 0) is 59.2 Å². The van der Waals surface area contributed by atoms with E-state index in [1.807, 2.05) is 0 Å². The topological polar surface area (TPSA) is 139 Å². The molecule has 2 saturated heterocycles. The molecule has 3 N–H and O–H groups in total. The zero-order chi connectivity index (χ0) is 30.8. The van der Waals surface area contributed by atoms with Crippen molar-refractivity contribution in [2.45, 2.75) is 71.4 Å². The summed E-state index contributed by atoms with van der Waals surface area (Å²) in [5.41, 5.74) is -0.366. The Morgan fingerprint density at radius 1 is 0.951 bits per heavy atom. The number of hydrogen-bond donors (Lipinski definition) is 3. The number of nitrogens with one attached hydrogen (secondary N) is 3. The molecule has 15 heteroatoms. The molecule has 41 heavy (non-hydrogen) atoms. The fourth-order valence-electron chi connectivity index (χ4n) is 3.52. The predicted octanol–water partition coefficient (Wildman–Crippen LogP) is 4.10. The van der Waals surface area contributed by atoms with E-state index in [0.717, 1.165) is 17.1 Å². The number of alkyl carbamates (subject to hydrolysis) is 2. The number of pyridine rings is 1. The third-order valence-electron chi connectivity index (χ3n) is 5.12. The number of ether oxygens (including phenoxy) is 2. The van der Waals surface area contributed by atoms with E-state index in [9.17, 15) is 19.2 Å². The first-order valence-electron chi connectivity index (χ1n) is 13.1. The van der Waals surface area contributed by atoms with Gasteiger partial charge in [0.05, 0.1) is 0 Å². The Balaban J connectivity index is 0.000000317. The molecule has 2 unspecified atom stereocenters. The number of hydrogen-bond acceptors (Lipinski definition) is 9. The van der Waals surface area contributed by atoms with E-state index in [-0.39, 0.29) is 22.1 Å². The van der Waals surface area contributed by atoms with Crippen LogP contribution in [0.2, 0.25) is 10.3 Å². The van der Waals surface area contributed by atoms with Crippen LogP contribution in [0.4, 0.5) is 9.59 Å². The molecular weight excluding hydrogens is 613 g/mol. The van der Waals surface area contributed by atoms with E-state index < -0.39 is 35.5 Å². The lowest BCUT2D eigenvalue weighted by Crippen LogP contribution is -2.49. The lowest BCUT2D eigenvalue weighted by molar-refractivity contribution is -0.133. The van der Waals surface area contributed by atoms with Gasteiger partial charge in [0.2, 0.25) is 11.8 Å². The largest absolute Gasteiger partial charge is 0.444 e. The Labute approximate surface area is 259 Å². The second-order valence-electron chi connectivity index (χ2n) is 11.2. The molecule has 2 aliphatic rings. The van der Waals surface area contributed by atoms with Gasteiger partial charge in [-0.3, -0.25) is 9.59 Å². The smallest absolute Gasteiger partial charge is 0.408 e. The molecule has 2 aliphatic heterocycles. The summed E-state index contributed by atoms with van der Waals surface area (Å²) in [6.45, 7) is 12.3. The molecule has 0 saturated carbocycles. The quantitative estimate of drug-likeness (QED) is 0.411. The van der Waals surface area contributed by atoms with Crippen LogP contribution in [0.5, 0.6) is 0 Å². The number of rotatable bonds is 4. The zero-order valence-electron chi connectivity index (χ0n) is 24.2. The Bertz CT molecular complexity index is 1060. The molecule has 0 bridgehead atoms. The molecule has 1 aromatic heterocycles. The van der Waals surface area contributed by atoms with Crippen molar-refractivity contribution in [2.75, 3.05) is 36.1 Å². The van der Waals surface area contributed by atoms with Gasteiger partial charge in [0, 0.05) is 42.6 Å². The Kier molecular flexibility index (Phi) is 13.7. The summed E-state index contributed by atoms with van der Waals surface area (Å²) in [5, 5.41) is 8.53. The van der Waals surface area contributed by atoms with Gasteiger partial charge in [0.25, 0.3) is 0 Å². The number of carbonyl (C=O) groups excluding carboxylic acids is 4. The van der Waals surface area contributed by atoms with Gasteiger partial charge < -0.3 is 30.3 Å². The van der Waals surface area contributed by atoms with Gasteiger partial charge >= 0.3 is 12.2 Å². The molecule has 3 heterocycles. The van der Waals surface area contributed by atoms with Gasteiger partial charge in [-0.2, -0.15) is 23.5 Å². The van der Waals surface area contributed by atoms with Crippen molar-refractivity contribution >= 4 is 70.7 Å². The average molecular weight is 653 g/mol. The van der Waals surface area contributed by atoms with E-state index >= 15 is 0 Å². The van der Waals surface area contributed by atoms with Crippen LogP contribution in [0.25, 0.3) is 0 Å². The van der Waals surface area contributed by atoms with Crippen LogP contribution < -0.4 is 16.0 Å². The Morgan fingerprint density at radius 2 is 1.46 bits per heavy atom.